The van der Waals surface area contributed by atoms with Crippen LogP contribution in [-0.2, 0) is 6.42 Å². The van der Waals surface area contributed by atoms with Crippen LogP contribution in [0.2, 0.25) is 0 Å². The van der Waals surface area contributed by atoms with Crippen LogP contribution in [-0.4, -0.2) is 31.2 Å². The Balaban J connectivity index is 1.49. The molecule has 0 aliphatic carbocycles. The van der Waals surface area contributed by atoms with Gasteiger partial charge in [0.2, 0.25) is 0 Å². The molecule has 0 saturated carbocycles. The van der Waals surface area contributed by atoms with Gasteiger partial charge in [-0.3, -0.25) is 4.98 Å². The zero-order valence-corrected chi connectivity index (χ0v) is 17.4. The van der Waals surface area contributed by atoms with Crippen molar-refractivity contribution in [1.29, 1.82) is 0 Å². The highest BCUT2D eigenvalue weighted by Crippen LogP contribution is 2.21. The molecule has 0 aliphatic heterocycles. The molecule has 0 bridgehead atoms. The molecular formula is C23H23FN7+. The lowest BCUT2D eigenvalue weighted by atomic mass is 10.1. The Morgan fingerprint density at radius 1 is 1.19 bits per heavy atom. The molecule has 8 heteroatoms. The lowest BCUT2D eigenvalue weighted by Crippen LogP contribution is -2.42. The summed E-state index contributed by atoms with van der Waals surface area (Å²) in [5.41, 5.74) is 3.77. The SMILES string of the molecule is CC(C)[n+]1ccc2c(NCCc3c[nH]c4ccccc34)nc(-c3cncc(F)c3)nn21. The normalized spacial score (nSPS) is 11.6. The summed E-state index contributed by atoms with van der Waals surface area (Å²) >= 11 is 0. The number of aromatic amines is 1. The average Bonchev–Trinajstić information content (AvgIpc) is 3.38. The van der Waals surface area contributed by atoms with Crippen LogP contribution in [0.5, 0.6) is 0 Å². The van der Waals surface area contributed by atoms with Crippen LogP contribution in [0.15, 0.2) is 61.2 Å². The second kappa shape index (κ2) is 7.79. The van der Waals surface area contributed by atoms with Gasteiger partial charge in [-0.05, 0) is 42.6 Å². The molecule has 0 spiro atoms. The molecular weight excluding hydrogens is 393 g/mol. The fraction of sp³-hybridized carbons (Fsp3) is 0.217. The molecule has 5 rings (SSSR count). The molecule has 0 saturated heterocycles. The van der Waals surface area contributed by atoms with Gasteiger partial charge in [0, 0.05) is 35.9 Å². The van der Waals surface area contributed by atoms with Crippen LogP contribution in [0.25, 0.3) is 27.8 Å². The Kier molecular flexibility index (Phi) is 4.82. The summed E-state index contributed by atoms with van der Waals surface area (Å²) in [6, 6.07) is 11.9. The summed E-state index contributed by atoms with van der Waals surface area (Å²) in [5.74, 6) is 0.701. The number of hydrogen-bond donors (Lipinski definition) is 2. The van der Waals surface area contributed by atoms with E-state index in [2.05, 4.69) is 52.6 Å². The molecule has 0 amide bonds. The Bertz CT molecular complexity index is 1370. The molecule has 156 valence electrons. The predicted octanol–water partition coefficient (Wildman–Crippen LogP) is 3.93. The Morgan fingerprint density at radius 2 is 2.06 bits per heavy atom. The number of nitrogens with zero attached hydrogens (tertiary/aromatic N) is 5. The lowest BCUT2D eigenvalue weighted by molar-refractivity contribution is -0.782. The van der Waals surface area contributed by atoms with Crippen molar-refractivity contribution < 1.29 is 9.07 Å². The van der Waals surface area contributed by atoms with Gasteiger partial charge in [-0.2, -0.15) is 9.67 Å². The summed E-state index contributed by atoms with van der Waals surface area (Å²) in [7, 11) is 0. The number of para-hydroxylation sites is 1. The molecule has 0 radical (unpaired) electrons. The van der Waals surface area contributed by atoms with Crippen molar-refractivity contribution in [3.8, 4) is 11.4 Å². The summed E-state index contributed by atoms with van der Waals surface area (Å²) < 4.78 is 17.6. The Hall–Kier alpha value is -3.81. The molecule has 0 atom stereocenters. The number of halogens is 1. The number of fused-ring (bicyclic) bond motifs is 2. The molecule has 5 aromatic rings. The monoisotopic (exact) mass is 416 g/mol. The van der Waals surface area contributed by atoms with Crippen LogP contribution in [0.3, 0.4) is 0 Å². The van der Waals surface area contributed by atoms with E-state index < -0.39 is 5.82 Å². The lowest BCUT2D eigenvalue weighted by Gasteiger charge is -2.08. The molecule has 1 aromatic carbocycles. The third kappa shape index (κ3) is 3.61. The number of hydrogen-bond acceptors (Lipinski definition) is 4. The van der Waals surface area contributed by atoms with Crippen molar-refractivity contribution in [3.63, 3.8) is 0 Å². The van der Waals surface area contributed by atoms with Crippen LogP contribution >= 0.6 is 0 Å². The molecule has 4 aromatic heterocycles. The van der Waals surface area contributed by atoms with Crippen molar-refractivity contribution in [2.75, 3.05) is 11.9 Å². The number of aromatic nitrogens is 6. The van der Waals surface area contributed by atoms with Gasteiger partial charge in [0.1, 0.15) is 18.1 Å². The quantitative estimate of drug-likeness (QED) is 0.411. The molecule has 2 N–H and O–H groups in total. The Morgan fingerprint density at radius 3 is 2.90 bits per heavy atom. The highest BCUT2D eigenvalue weighted by Gasteiger charge is 2.21. The fourth-order valence-corrected chi connectivity index (χ4v) is 3.79. The van der Waals surface area contributed by atoms with Crippen molar-refractivity contribution >= 4 is 22.2 Å². The van der Waals surface area contributed by atoms with Crippen molar-refractivity contribution in [1.82, 2.24) is 24.7 Å². The summed E-state index contributed by atoms with van der Waals surface area (Å²) in [6.45, 7) is 4.87. The maximum atomic E-state index is 13.8. The molecule has 31 heavy (non-hydrogen) atoms. The minimum absolute atomic E-state index is 0.204. The Labute approximate surface area is 178 Å². The molecule has 4 heterocycles. The summed E-state index contributed by atoms with van der Waals surface area (Å²) in [4.78, 5) is 12.0. The van der Waals surface area contributed by atoms with Gasteiger partial charge in [-0.25, -0.2) is 4.39 Å². The number of pyridine rings is 1. The third-order valence-electron chi connectivity index (χ3n) is 5.32. The highest BCUT2D eigenvalue weighted by molar-refractivity contribution is 5.83. The van der Waals surface area contributed by atoms with Crippen molar-refractivity contribution in [3.05, 3.63) is 72.6 Å². The number of nitrogens with one attached hydrogen (secondary N) is 2. The predicted molar refractivity (Wildman–Crippen MR) is 117 cm³/mol. The largest absolute Gasteiger partial charge is 0.368 e. The van der Waals surface area contributed by atoms with Crippen LogP contribution in [0, 0.1) is 5.82 Å². The van der Waals surface area contributed by atoms with E-state index in [9.17, 15) is 4.39 Å². The van der Waals surface area contributed by atoms with E-state index in [-0.39, 0.29) is 6.04 Å². The van der Waals surface area contributed by atoms with Gasteiger partial charge in [-0.1, -0.05) is 18.2 Å². The molecule has 7 nitrogen and oxygen atoms in total. The second-order valence-electron chi connectivity index (χ2n) is 7.78. The first-order valence-electron chi connectivity index (χ1n) is 10.3. The van der Waals surface area contributed by atoms with E-state index in [1.54, 1.807) is 6.20 Å². The number of benzene rings is 1. The smallest absolute Gasteiger partial charge is 0.303 e. The number of rotatable bonds is 6. The first-order valence-corrected chi connectivity index (χ1v) is 10.3. The van der Waals surface area contributed by atoms with E-state index in [1.807, 2.05) is 33.7 Å². The van der Waals surface area contributed by atoms with E-state index >= 15 is 0 Å². The fourth-order valence-electron chi connectivity index (χ4n) is 3.79. The van der Waals surface area contributed by atoms with Gasteiger partial charge in [0.05, 0.1) is 16.9 Å². The number of H-pyrrole nitrogens is 1. The molecule has 0 fully saturated rings. The molecule has 0 aliphatic rings. The van der Waals surface area contributed by atoms with E-state index in [4.69, 9.17) is 4.98 Å². The van der Waals surface area contributed by atoms with Gasteiger partial charge in [0.25, 0.3) is 0 Å². The molecule has 0 unspecified atom stereocenters. The van der Waals surface area contributed by atoms with Gasteiger partial charge >= 0.3 is 5.82 Å². The standard InChI is InChI=1S/C23H23FN7/c1-15(2)30-10-8-21-23(26-9-7-16-13-27-20-6-4-3-5-19(16)20)28-22(29-31(21)30)17-11-18(24)14-25-12-17/h3-6,8,10-15,27H,7,9H2,1-2H3,(H,26,28,29)/q+1. The zero-order chi connectivity index (χ0) is 21.4. The zero-order valence-electron chi connectivity index (χ0n) is 17.4. The van der Waals surface area contributed by atoms with E-state index in [0.717, 1.165) is 17.5 Å². The van der Waals surface area contributed by atoms with Crippen LogP contribution < -0.4 is 10.00 Å². The van der Waals surface area contributed by atoms with E-state index in [1.165, 1.54) is 23.2 Å². The van der Waals surface area contributed by atoms with Crippen LogP contribution in [0.1, 0.15) is 25.5 Å². The highest BCUT2D eigenvalue weighted by atomic mass is 19.1. The van der Waals surface area contributed by atoms with Gasteiger partial charge in [-0.15, -0.1) is 0 Å². The maximum absolute atomic E-state index is 13.8. The minimum Gasteiger partial charge on any atom is -0.368 e. The third-order valence-corrected chi connectivity index (χ3v) is 5.32. The first kappa shape index (κ1) is 19.2. The number of anilines is 1. The van der Waals surface area contributed by atoms with Gasteiger partial charge in [0.15, 0.2) is 11.3 Å². The first-order chi connectivity index (χ1) is 15.1. The minimum atomic E-state index is -0.417. The van der Waals surface area contributed by atoms with Crippen LogP contribution in [0.4, 0.5) is 10.2 Å². The van der Waals surface area contributed by atoms with Crippen molar-refractivity contribution in [2.45, 2.75) is 26.3 Å². The van der Waals surface area contributed by atoms with E-state index in [0.29, 0.717) is 23.8 Å². The summed E-state index contributed by atoms with van der Waals surface area (Å²) in [6.07, 6.45) is 7.61. The topological polar surface area (TPSA) is 74.8 Å². The average molecular weight is 416 g/mol. The second-order valence-corrected chi connectivity index (χ2v) is 7.78. The summed E-state index contributed by atoms with van der Waals surface area (Å²) in [5, 5.41) is 9.32. The van der Waals surface area contributed by atoms with Gasteiger partial charge < -0.3 is 10.3 Å². The maximum Gasteiger partial charge on any atom is 0.303 e. The van der Waals surface area contributed by atoms with Crippen molar-refractivity contribution in [2.24, 2.45) is 0 Å².